The van der Waals surface area contributed by atoms with Crippen molar-refractivity contribution in [2.24, 2.45) is 7.05 Å². The third-order valence-electron chi connectivity index (χ3n) is 7.31. The summed E-state index contributed by atoms with van der Waals surface area (Å²) >= 11 is 0. The van der Waals surface area contributed by atoms with E-state index in [2.05, 4.69) is 117 Å². The normalized spacial score (nSPS) is 11.2. The molecule has 0 unspecified atom stereocenters. The summed E-state index contributed by atoms with van der Waals surface area (Å²) in [7, 11) is 2.07. The summed E-state index contributed by atoms with van der Waals surface area (Å²) in [5.74, 6) is 0. The SMILES string of the molecule is Cc1ccc(-c2c(C)ccc3c2oc2c(-c4ccc(-c5ccccc5C)cc4)c(C#N)ccc23)[n+](C)c1. The van der Waals surface area contributed by atoms with Crippen LogP contribution < -0.4 is 4.57 Å². The van der Waals surface area contributed by atoms with Gasteiger partial charge in [-0.3, -0.25) is 0 Å². The van der Waals surface area contributed by atoms with Crippen LogP contribution in [0.1, 0.15) is 22.3 Å². The highest BCUT2D eigenvalue weighted by molar-refractivity contribution is 6.14. The van der Waals surface area contributed by atoms with Crippen LogP contribution in [-0.2, 0) is 7.05 Å². The number of aromatic nitrogens is 1. The van der Waals surface area contributed by atoms with Crippen molar-refractivity contribution >= 4 is 21.9 Å². The number of hydrogen-bond donors (Lipinski definition) is 0. The summed E-state index contributed by atoms with van der Waals surface area (Å²) in [4.78, 5) is 0. The highest BCUT2D eigenvalue weighted by atomic mass is 16.3. The molecule has 0 saturated carbocycles. The van der Waals surface area contributed by atoms with Crippen LogP contribution in [0.15, 0.2) is 95.5 Å². The summed E-state index contributed by atoms with van der Waals surface area (Å²) in [6.45, 7) is 6.34. The quantitative estimate of drug-likeness (QED) is 0.240. The number of nitriles is 1. The molecule has 37 heavy (non-hydrogen) atoms. The molecule has 0 spiro atoms. The number of furan rings is 1. The van der Waals surface area contributed by atoms with Gasteiger partial charge in [-0.05, 0) is 66.8 Å². The van der Waals surface area contributed by atoms with Crippen LogP contribution in [0.5, 0.6) is 0 Å². The molecule has 0 amide bonds. The van der Waals surface area contributed by atoms with Gasteiger partial charge >= 0.3 is 0 Å². The zero-order chi connectivity index (χ0) is 25.7. The molecule has 0 aliphatic heterocycles. The summed E-state index contributed by atoms with van der Waals surface area (Å²) < 4.78 is 8.85. The molecule has 178 valence electrons. The van der Waals surface area contributed by atoms with Crippen LogP contribution in [0.4, 0.5) is 0 Å². The number of aryl methyl sites for hydroxylation is 4. The maximum Gasteiger partial charge on any atom is 0.216 e. The standard InChI is InChI=1S/C34H27N2O/c1-21-9-18-30(36(4)20-21)31-23(3)10-16-28-29-17-15-26(19-35)32(34(29)37-33(28)31)25-13-11-24(12-14-25)27-8-6-5-7-22(27)2/h5-18,20H,1-4H3/q+1. The average molecular weight is 480 g/mol. The highest BCUT2D eigenvalue weighted by Gasteiger charge is 2.23. The van der Waals surface area contributed by atoms with Crippen LogP contribution in [0.25, 0.3) is 55.4 Å². The van der Waals surface area contributed by atoms with Crippen LogP contribution in [-0.4, -0.2) is 0 Å². The lowest BCUT2D eigenvalue weighted by Gasteiger charge is -2.09. The zero-order valence-electron chi connectivity index (χ0n) is 21.5. The second kappa shape index (κ2) is 8.76. The van der Waals surface area contributed by atoms with E-state index in [9.17, 15) is 5.26 Å². The third-order valence-corrected chi connectivity index (χ3v) is 7.31. The van der Waals surface area contributed by atoms with E-state index in [1.54, 1.807) is 0 Å². The van der Waals surface area contributed by atoms with Gasteiger partial charge in [-0.15, -0.1) is 0 Å². The lowest BCUT2D eigenvalue weighted by molar-refractivity contribution is -0.660. The minimum Gasteiger partial charge on any atom is -0.454 e. The molecule has 0 aliphatic carbocycles. The minimum absolute atomic E-state index is 0.606. The summed E-state index contributed by atoms with van der Waals surface area (Å²) in [6.07, 6.45) is 2.13. The molecule has 2 aromatic heterocycles. The van der Waals surface area contributed by atoms with Gasteiger partial charge in [-0.2, -0.15) is 5.26 Å². The molecule has 0 aliphatic rings. The van der Waals surface area contributed by atoms with Gasteiger partial charge in [0.1, 0.15) is 18.2 Å². The Labute approximate surface area is 216 Å². The van der Waals surface area contributed by atoms with Crippen LogP contribution in [0.3, 0.4) is 0 Å². The molecule has 6 rings (SSSR count). The van der Waals surface area contributed by atoms with E-state index in [0.29, 0.717) is 5.56 Å². The van der Waals surface area contributed by atoms with Gasteiger partial charge in [0.2, 0.25) is 5.69 Å². The fourth-order valence-electron chi connectivity index (χ4n) is 5.42. The van der Waals surface area contributed by atoms with Crippen molar-refractivity contribution in [3.8, 4) is 39.6 Å². The van der Waals surface area contributed by atoms with Crippen LogP contribution >= 0.6 is 0 Å². The van der Waals surface area contributed by atoms with Crippen molar-refractivity contribution in [3.63, 3.8) is 0 Å². The molecule has 3 heteroatoms. The average Bonchev–Trinajstić information content (AvgIpc) is 3.28. The van der Waals surface area contributed by atoms with Crippen molar-refractivity contribution in [2.45, 2.75) is 20.8 Å². The van der Waals surface area contributed by atoms with E-state index in [1.807, 2.05) is 12.1 Å². The predicted molar refractivity (Wildman–Crippen MR) is 150 cm³/mol. The largest absolute Gasteiger partial charge is 0.454 e. The van der Waals surface area contributed by atoms with E-state index >= 15 is 0 Å². The Morgan fingerprint density at radius 2 is 1.35 bits per heavy atom. The van der Waals surface area contributed by atoms with Gasteiger partial charge in [-0.1, -0.05) is 60.7 Å². The molecule has 0 fully saturated rings. The Morgan fingerprint density at radius 3 is 2.05 bits per heavy atom. The van der Waals surface area contributed by atoms with E-state index < -0.39 is 0 Å². The van der Waals surface area contributed by atoms with Gasteiger partial charge in [0.25, 0.3) is 0 Å². The number of pyridine rings is 1. The molecule has 0 N–H and O–H groups in total. The van der Waals surface area contributed by atoms with Gasteiger partial charge in [0.15, 0.2) is 6.20 Å². The molecule has 0 radical (unpaired) electrons. The Bertz CT molecular complexity index is 1870. The maximum atomic E-state index is 10.0. The van der Waals surface area contributed by atoms with Crippen molar-refractivity contribution in [1.82, 2.24) is 0 Å². The second-order valence-corrected chi connectivity index (χ2v) is 9.81. The Morgan fingerprint density at radius 1 is 0.676 bits per heavy atom. The second-order valence-electron chi connectivity index (χ2n) is 9.81. The fourth-order valence-corrected chi connectivity index (χ4v) is 5.42. The minimum atomic E-state index is 0.606. The number of nitrogens with zero attached hydrogens (tertiary/aromatic N) is 2. The van der Waals surface area contributed by atoms with Gasteiger partial charge in [0, 0.05) is 28.0 Å². The molecular formula is C34H27N2O+. The molecule has 0 bridgehead atoms. The maximum absolute atomic E-state index is 10.0. The van der Waals surface area contributed by atoms with Gasteiger partial charge in [0.05, 0.1) is 17.2 Å². The lowest BCUT2D eigenvalue weighted by atomic mass is 9.94. The Hall–Kier alpha value is -4.68. The van der Waals surface area contributed by atoms with Crippen molar-refractivity contribution in [1.29, 1.82) is 5.26 Å². The fraction of sp³-hybridized carbons (Fsp3) is 0.118. The lowest BCUT2D eigenvalue weighted by Crippen LogP contribution is -2.31. The Balaban J connectivity index is 1.60. The molecule has 3 nitrogen and oxygen atoms in total. The van der Waals surface area contributed by atoms with Crippen molar-refractivity contribution < 1.29 is 8.98 Å². The molecular weight excluding hydrogens is 452 g/mol. The third kappa shape index (κ3) is 3.70. The molecule has 2 heterocycles. The van der Waals surface area contributed by atoms with E-state index in [1.165, 1.54) is 16.7 Å². The molecule has 4 aromatic carbocycles. The van der Waals surface area contributed by atoms with E-state index in [0.717, 1.165) is 55.4 Å². The highest BCUT2D eigenvalue weighted by Crippen LogP contribution is 2.42. The Kier molecular flexibility index (Phi) is 5.39. The number of rotatable bonds is 3. The van der Waals surface area contributed by atoms with Crippen molar-refractivity contribution in [3.05, 3.63) is 113 Å². The number of fused-ring (bicyclic) bond motifs is 3. The smallest absolute Gasteiger partial charge is 0.216 e. The first kappa shape index (κ1) is 22.8. The molecule has 0 atom stereocenters. The first-order valence-corrected chi connectivity index (χ1v) is 12.5. The van der Waals surface area contributed by atoms with Gasteiger partial charge in [-0.25, -0.2) is 4.57 Å². The molecule has 6 aromatic rings. The van der Waals surface area contributed by atoms with Crippen LogP contribution in [0.2, 0.25) is 0 Å². The number of benzene rings is 4. The topological polar surface area (TPSA) is 40.8 Å². The monoisotopic (exact) mass is 479 g/mol. The molecule has 0 saturated heterocycles. The van der Waals surface area contributed by atoms with Gasteiger partial charge < -0.3 is 4.42 Å². The van der Waals surface area contributed by atoms with Crippen LogP contribution in [0, 0.1) is 32.1 Å². The summed E-state index contributed by atoms with van der Waals surface area (Å²) in [5, 5.41) is 12.1. The van der Waals surface area contributed by atoms with Crippen molar-refractivity contribution in [2.75, 3.05) is 0 Å². The summed E-state index contributed by atoms with van der Waals surface area (Å²) in [6, 6.07) is 31.7. The van der Waals surface area contributed by atoms with E-state index in [4.69, 9.17) is 4.42 Å². The van der Waals surface area contributed by atoms with E-state index in [-0.39, 0.29) is 0 Å². The number of hydrogen-bond acceptors (Lipinski definition) is 2. The zero-order valence-corrected chi connectivity index (χ0v) is 21.5. The predicted octanol–water partition coefficient (Wildman–Crippen LogP) is 8.21. The first-order chi connectivity index (χ1) is 18.0. The summed E-state index contributed by atoms with van der Waals surface area (Å²) in [5.41, 5.74) is 12.1. The first-order valence-electron chi connectivity index (χ1n) is 12.5.